The zero-order chi connectivity index (χ0) is 12.3. The molecule has 1 nitrogen and oxygen atoms in total. The highest BCUT2D eigenvalue weighted by Crippen LogP contribution is 2.45. The van der Waals surface area contributed by atoms with E-state index >= 15 is 0 Å². The number of hydrogen-bond acceptors (Lipinski definition) is 2. The number of rotatable bonds is 0. The van der Waals surface area contributed by atoms with Gasteiger partial charge in [0.1, 0.15) is 0 Å². The van der Waals surface area contributed by atoms with E-state index in [1.54, 1.807) is 0 Å². The minimum absolute atomic E-state index is 0.532. The van der Waals surface area contributed by atoms with Gasteiger partial charge in [-0.05, 0) is 30.7 Å². The predicted molar refractivity (Wildman–Crippen MR) is 80.8 cm³/mol. The Hall–Kier alpha value is -1.54. The summed E-state index contributed by atoms with van der Waals surface area (Å²) in [6.45, 7) is 4.60. The van der Waals surface area contributed by atoms with Crippen LogP contribution in [0.2, 0.25) is 0 Å². The number of benzene rings is 2. The molecule has 1 N–H and O–H groups in total. The molecule has 0 bridgehead atoms. The quantitative estimate of drug-likeness (QED) is 0.596. The van der Waals surface area contributed by atoms with Crippen LogP contribution in [0.25, 0.3) is 20.2 Å². The molecule has 3 aromatic rings. The van der Waals surface area contributed by atoms with Gasteiger partial charge in [0.15, 0.2) is 0 Å². The van der Waals surface area contributed by atoms with Gasteiger partial charge in [-0.25, -0.2) is 0 Å². The predicted octanol–water partition coefficient (Wildman–Crippen LogP) is 4.97. The molecule has 18 heavy (non-hydrogen) atoms. The van der Waals surface area contributed by atoms with Gasteiger partial charge in [-0.2, -0.15) is 0 Å². The summed E-state index contributed by atoms with van der Waals surface area (Å²) in [6, 6.07) is 13.8. The van der Waals surface area contributed by atoms with Crippen molar-refractivity contribution in [1.82, 2.24) is 0 Å². The van der Waals surface area contributed by atoms with Crippen molar-refractivity contribution in [2.45, 2.75) is 25.8 Å². The van der Waals surface area contributed by atoms with E-state index in [0.29, 0.717) is 12.0 Å². The average molecular weight is 253 g/mol. The van der Waals surface area contributed by atoms with Crippen LogP contribution in [0.1, 0.15) is 25.3 Å². The largest absolute Gasteiger partial charge is 0.382 e. The van der Waals surface area contributed by atoms with Gasteiger partial charge in [0.05, 0.1) is 0 Å². The van der Waals surface area contributed by atoms with Crippen molar-refractivity contribution in [2.24, 2.45) is 0 Å². The molecule has 0 fully saturated rings. The summed E-state index contributed by atoms with van der Waals surface area (Å²) >= 11 is 1.90. The summed E-state index contributed by atoms with van der Waals surface area (Å²) in [6.07, 6.45) is 0. The molecule has 4 rings (SSSR count). The van der Waals surface area contributed by atoms with Crippen molar-refractivity contribution in [3.63, 3.8) is 0 Å². The summed E-state index contributed by atoms with van der Waals surface area (Å²) in [5.41, 5.74) is 2.84. The first-order valence-corrected chi connectivity index (χ1v) is 7.28. The fourth-order valence-corrected chi connectivity index (χ4v) is 4.18. The standard InChI is InChI=1S/C16H15NS/c1-9-10(2)17-12-7-8-14-16(15(9)12)11-5-3-4-6-13(11)18-14/h3-10,17H,1-2H3. The van der Waals surface area contributed by atoms with Crippen molar-refractivity contribution in [3.05, 3.63) is 42.0 Å². The van der Waals surface area contributed by atoms with Crippen molar-refractivity contribution >= 4 is 37.2 Å². The van der Waals surface area contributed by atoms with Crippen molar-refractivity contribution < 1.29 is 0 Å². The lowest BCUT2D eigenvalue weighted by Gasteiger charge is -2.09. The topological polar surface area (TPSA) is 12.0 Å². The highest BCUT2D eigenvalue weighted by Gasteiger charge is 2.28. The fraction of sp³-hybridized carbons (Fsp3) is 0.250. The minimum Gasteiger partial charge on any atom is -0.382 e. The highest BCUT2D eigenvalue weighted by molar-refractivity contribution is 7.25. The molecule has 0 amide bonds. The third-order valence-electron chi connectivity index (χ3n) is 4.17. The Kier molecular flexibility index (Phi) is 2.01. The zero-order valence-electron chi connectivity index (χ0n) is 10.5. The number of nitrogens with one attached hydrogen (secondary N) is 1. The molecule has 2 unspecified atom stereocenters. The van der Waals surface area contributed by atoms with Gasteiger partial charge in [-0.1, -0.05) is 25.1 Å². The molecule has 2 heteroatoms. The number of hydrogen-bond donors (Lipinski definition) is 1. The van der Waals surface area contributed by atoms with Gasteiger partial charge in [0, 0.05) is 37.8 Å². The van der Waals surface area contributed by atoms with Crippen molar-refractivity contribution in [1.29, 1.82) is 0 Å². The number of thiophene rings is 1. The van der Waals surface area contributed by atoms with Gasteiger partial charge >= 0.3 is 0 Å². The van der Waals surface area contributed by atoms with Crippen LogP contribution in [-0.4, -0.2) is 6.04 Å². The van der Waals surface area contributed by atoms with Crippen molar-refractivity contribution in [2.75, 3.05) is 5.32 Å². The second-order valence-electron chi connectivity index (χ2n) is 5.22. The number of anilines is 1. The Morgan fingerprint density at radius 1 is 1.00 bits per heavy atom. The van der Waals surface area contributed by atoms with Gasteiger partial charge in [-0.3, -0.25) is 0 Å². The van der Waals surface area contributed by atoms with Crippen LogP contribution in [-0.2, 0) is 0 Å². The van der Waals surface area contributed by atoms with E-state index in [1.165, 1.54) is 31.4 Å². The third kappa shape index (κ3) is 1.21. The molecule has 1 aliphatic rings. The Labute approximate surface area is 110 Å². The molecule has 0 aliphatic carbocycles. The van der Waals surface area contributed by atoms with Crippen LogP contribution in [0, 0.1) is 0 Å². The first kappa shape index (κ1) is 10.4. The molecule has 1 aromatic heterocycles. The molecule has 1 aliphatic heterocycles. The minimum atomic E-state index is 0.532. The SMILES string of the molecule is CC1Nc2ccc3sc4ccccc4c3c2C1C. The number of fused-ring (bicyclic) bond motifs is 5. The molecule has 2 aromatic carbocycles. The van der Waals surface area contributed by atoms with Crippen LogP contribution in [0.15, 0.2) is 36.4 Å². The molecule has 0 spiro atoms. The van der Waals surface area contributed by atoms with Gasteiger partial charge < -0.3 is 5.32 Å². The molecular formula is C16H15NS. The van der Waals surface area contributed by atoms with Crippen LogP contribution < -0.4 is 5.32 Å². The summed E-state index contributed by atoms with van der Waals surface area (Å²) in [5.74, 6) is 0.585. The molecule has 2 atom stereocenters. The Morgan fingerprint density at radius 3 is 2.72 bits per heavy atom. The second-order valence-corrected chi connectivity index (χ2v) is 6.30. The Balaban J connectivity index is 2.20. The van der Waals surface area contributed by atoms with E-state index in [4.69, 9.17) is 0 Å². The van der Waals surface area contributed by atoms with Crippen LogP contribution >= 0.6 is 11.3 Å². The molecule has 0 saturated heterocycles. The van der Waals surface area contributed by atoms with Gasteiger partial charge in [0.2, 0.25) is 0 Å². The summed E-state index contributed by atoms with van der Waals surface area (Å²) < 4.78 is 2.81. The van der Waals surface area contributed by atoms with E-state index in [2.05, 4.69) is 55.6 Å². The fourth-order valence-electron chi connectivity index (χ4n) is 3.06. The maximum Gasteiger partial charge on any atom is 0.0385 e. The lowest BCUT2D eigenvalue weighted by Crippen LogP contribution is -2.12. The van der Waals surface area contributed by atoms with E-state index in [9.17, 15) is 0 Å². The van der Waals surface area contributed by atoms with Crippen LogP contribution in [0.3, 0.4) is 0 Å². The lowest BCUT2D eigenvalue weighted by molar-refractivity contribution is 0.694. The van der Waals surface area contributed by atoms with Crippen LogP contribution in [0.5, 0.6) is 0 Å². The third-order valence-corrected chi connectivity index (χ3v) is 5.31. The lowest BCUT2D eigenvalue weighted by atomic mass is 9.94. The Bertz CT molecular complexity index is 756. The Morgan fingerprint density at radius 2 is 1.83 bits per heavy atom. The van der Waals surface area contributed by atoms with E-state index < -0.39 is 0 Å². The van der Waals surface area contributed by atoms with Gasteiger partial charge in [0.25, 0.3) is 0 Å². The van der Waals surface area contributed by atoms with E-state index in [0.717, 1.165) is 0 Å². The van der Waals surface area contributed by atoms with E-state index in [-0.39, 0.29) is 0 Å². The maximum atomic E-state index is 3.60. The normalized spacial score (nSPS) is 22.3. The van der Waals surface area contributed by atoms with Crippen LogP contribution in [0.4, 0.5) is 5.69 Å². The summed E-state index contributed by atoms with van der Waals surface area (Å²) in [4.78, 5) is 0. The molecule has 90 valence electrons. The molecule has 0 saturated carbocycles. The first-order valence-electron chi connectivity index (χ1n) is 6.46. The van der Waals surface area contributed by atoms with E-state index in [1.807, 2.05) is 11.3 Å². The zero-order valence-corrected chi connectivity index (χ0v) is 11.3. The smallest absolute Gasteiger partial charge is 0.0385 e. The molecule has 0 radical (unpaired) electrons. The maximum absolute atomic E-state index is 3.60. The van der Waals surface area contributed by atoms with Gasteiger partial charge in [-0.15, -0.1) is 11.3 Å². The average Bonchev–Trinajstić information content (AvgIpc) is 2.88. The molecule has 2 heterocycles. The first-order chi connectivity index (χ1) is 8.75. The monoisotopic (exact) mass is 253 g/mol. The summed E-state index contributed by atoms with van der Waals surface area (Å²) in [5, 5.41) is 6.48. The summed E-state index contributed by atoms with van der Waals surface area (Å²) in [7, 11) is 0. The molecular weight excluding hydrogens is 238 g/mol. The van der Waals surface area contributed by atoms with Crippen molar-refractivity contribution in [3.8, 4) is 0 Å². The highest BCUT2D eigenvalue weighted by atomic mass is 32.1. The second kappa shape index (κ2) is 3.48.